The van der Waals surface area contributed by atoms with Gasteiger partial charge < -0.3 is 5.32 Å². The minimum Gasteiger partial charge on any atom is -0.307 e. The fourth-order valence-electron chi connectivity index (χ4n) is 2.71. The minimum atomic E-state index is -4.50. The van der Waals surface area contributed by atoms with Crippen LogP contribution in [0.15, 0.2) is 67.0 Å². The quantitative estimate of drug-likeness (QED) is 0.440. The molecule has 0 spiro atoms. The molecule has 0 bridgehead atoms. The van der Waals surface area contributed by atoms with E-state index in [1.807, 2.05) is 30.3 Å². The Morgan fingerprint density at radius 2 is 1.80 bits per heavy atom. The number of fused-ring (bicyclic) bond motifs is 1. The second-order valence-corrected chi connectivity index (χ2v) is 6.15. The lowest BCUT2D eigenvalue weighted by Gasteiger charge is -2.13. The Balaban J connectivity index is 1.51. The molecule has 152 valence electrons. The number of hydrogen-bond acceptors (Lipinski definition) is 5. The largest absolute Gasteiger partial charge is 0.416 e. The van der Waals surface area contributed by atoms with Crippen molar-refractivity contribution < 1.29 is 18.0 Å². The molecule has 11 heteroatoms. The summed E-state index contributed by atoms with van der Waals surface area (Å²) in [6.07, 6.45) is -3.19. The Morgan fingerprint density at radius 3 is 2.57 bits per heavy atom. The lowest BCUT2D eigenvalue weighted by Crippen LogP contribution is -2.34. The Labute approximate surface area is 167 Å². The maximum atomic E-state index is 12.8. The number of rotatable bonds is 4. The van der Waals surface area contributed by atoms with Crippen LogP contribution < -0.4 is 16.2 Å². The first-order valence-electron chi connectivity index (χ1n) is 8.66. The van der Waals surface area contributed by atoms with Crippen LogP contribution in [-0.2, 0) is 6.18 Å². The van der Waals surface area contributed by atoms with Gasteiger partial charge in [0.25, 0.3) is 5.78 Å². The van der Waals surface area contributed by atoms with Gasteiger partial charge in [-0.1, -0.05) is 36.4 Å². The monoisotopic (exact) mass is 413 g/mol. The van der Waals surface area contributed by atoms with Crippen LogP contribution in [-0.4, -0.2) is 25.6 Å². The van der Waals surface area contributed by atoms with Crippen molar-refractivity contribution in [2.45, 2.75) is 6.18 Å². The van der Waals surface area contributed by atoms with Gasteiger partial charge in [0.05, 0.1) is 11.3 Å². The number of urea groups is 1. The van der Waals surface area contributed by atoms with Crippen molar-refractivity contribution in [1.29, 1.82) is 0 Å². The van der Waals surface area contributed by atoms with Crippen LogP contribution in [0.25, 0.3) is 17.0 Å². The molecule has 0 saturated carbocycles. The van der Waals surface area contributed by atoms with Gasteiger partial charge in [-0.15, -0.1) is 0 Å². The Bertz CT molecular complexity index is 1190. The molecule has 8 nitrogen and oxygen atoms in total. The summed E-state index contributed by atoms with van der Waals surface area (Å²) in [4.78, 5) is 20.6. The molecule has 0 atom stereocenters. The maximum Gasteiger partial charge on any atom is 0.416 e. The van der Waals surface area contributed by atoms with E-state index in [1.54, 1.807) is 6.07 Å². The van der Waals surface area contributed by atoms with E-state index in [1.165, 1.54) is 23.0 Å². The highest BCUT2D eigenvalue weighted by atomic mass is 19.4. The number of benzene rings is 2. The maximum absolute atomic E-state index is 12.8. The number of carbonyl (C=O) groups is 1. The van der Waals surface area contributed by atoms with Crippen LogP contribution in [0.4, 0.5) is 29.5 Å². The third-order valence-electron chi connectivity index (χ3n) is 4.07. The number of hydrogen-bond donors (Lipinski definition) is 3. The molecule has 0 aliphatic carbocycles. The fraction of sp³-hybridized carbons (Fsp3) is 0.0526. The molecule has 0 fully saturated rings. The van der Waals surface area contributed by atoms with E-state index in [0.29, 0.717) is 17.3 Å². The van der Waals surface area contributed by atoms with Crippen LogP contribution in [0.5, 0.6) is 0 Å². The summed E-state index contributed by atoms with van der Waals surface area (Å²) in [5.74, 6) is 0.662. The molecule has 3 N–H and O–H groups in total. The predicted molar refractivity (Wildman–Crippen MR) is 103 cm³/mol. The molecule has 2 heterocycles. The second-order valence-electron chi connectivity index (χ2n) is 6.15. The Morgan fingerprint density at radius 1 is 1.00 bits per heavy atom. The van der Waals surface area contributed by atoms with Crippen molar-refractivity contribution in [2.24, 2.45) is 0 Å². The van der Waals surface area contributed by atoms with E-state index >= 15 is 0 Å². The first-order chi connectivity index (χ1) is 14.4. The number of hydrazine groups is 1. The van der Waals surface area contributed by atoms with Crippen LogP contribution in [0.1, 0.15) is 5.56 Å². The van der Waals surface area contributed by atoms with E-state index in [-0.39, 0.29) is 5.69 Å². The van der Waals surface area contributed by atoms with Crippen molar-refractivity contribution >= 4 is 23.3 Å². The molecule has 2 aromatic carbocycles. The molecule has 4 aromatic rings. The topological polar surface area (TPSA) is 96.2 Å². The van der Waals surface area contributed by atoms with Crippen LogP contribution in [0.2, 0.25) is 0 Å². The molecule has 0 aliphatic heterocycles. The number of halogens is 3. The standard InChI is InChI=1S/C19H14F3N7O/c20-19(21,22)13-7-4-8-14(9-13)25-18(30)28-27-16-10-15(12-5-2-1-3-6-12)26-17-23-11-24-29(16)17/h1-11,27H,(H2,25,28,30). The second kappa shape index (κ2) is 7.70. The molecular formula is C19H14F3N7O. The van der Waals surface area contributed by atoms with Gasteiger partial charge in [0, 0.05) is 17.3 Å². The van der Waals surface area contributed by atoms with Crippen molar-refractivity contribution in [1.82, 2.24) is 25.0 Å². The summed E-state index contributed by atoms with van der Waals surface area (Å²) in [5, 5.41) is 6.38. The van der Waals surface area contributed by atoms with Gasteiger partial charge in [0.1, 0.15) is 6.33 Å². The summed E-state index contributed by atoms with van der Waals surface area (Å²) in [6.45, 7) is 0. The first kappa shape index (κ1) is 19.2. The lowest BCUT2D eigenvalue weighted by molar-refractivity contribution is -0.137. The molecule has 0 saturated heterocycles. The predicted octanol–water partition coefficient (Wildman–Crippen LogP) is 3.96. The SMILES string of the molecule is O=C(NNc1cc(-c2ccccc2)nc2ncnn12)Nc1cccc(C(F)(F)F)c1. The molecular weight excluding hydrogens is 399 g/mol. The van der Waals surface area contributed by atoms with Gasteiger partial charge in [-0.05, 0) is 18.2 Å². The molecule has 2 amide bonds. The molecule has 4 rings (SSSR count). The molecule has 2 aromatic heterocycles. The highest BCUT2D eigenvalue weighted by Crippen LogP contribution is 2.30. The van der Waals surface area contributed by atoms with Gasteiger partial charge in [0.2, 0.25) is 0 Å². The van der Waals surface area contributed by atoms with Crippen molar-refractivity contribution in [3.8, 4) is 11.3 Å². The lowest BCUT2D eigenvalue weighted by atomic mass is 10.1. The van der Waals surface area contributed by atoms with E-state index in [9.17, 15) is 18.0 Å². The number of anilines is 2. The number of nitrogens with one attached hydrogen (secondary N) is 3. The van der Waals surface area contributed by atoms with E-state index in [0.717, 1.165) is 17.7 Å². The Kier molecular flexibility index (Phi) is 4.92. The van der Waals surface area contributed by atoms with Crippen molar-refractivity contribution in [3.05, 3.63) is 72.6 Å². The summed E-state index contributed by atoms with van der Waals surface area (Å²) in [5.41, 5.74) is 5.62. The summed E-state index contributed by atoms with van der Waals surface area (Å²) in [6, 6.07) is 14.5. The first-order valence-corrected chi connectivity index (χ1v) is 8.66. The van der Waals surface area contributed by atoms with E-state index < -0.39 is 17.8 Å². The number of alkyl halides is 3. The molecule has 0 radical (unpaired) electrons. The van der Waals surface area contributed by atoms with Crippen LogP contribution in [0.3, 0.4) is 0 Å². The number of amides is 2. The minimum absolute atomic E-state index is 0.00488. The zero-order valence-corrected chi connectivity index (χ0v) is 15.2. The average Bonchev–Trinajstić information content (AvgIpc) is 3.21. The summed E-state index contributed by atoms with van der Waals surface area (Å²) >= 11 is 0. The Hall–Kier alpha value is -4.15. The average molecular weight is 413 g/mol. The number of nitrogens with zero attached hydrogens (tertiary/aromatic N) is 4. The highest BCUT2D eigenvalue weighted by molar-refractivity contribution is 5.90. The zero-order valence-electron chi connectivity index (χ0n) is 15.2. The van der Waals surface area contributed by atoms with Crippen LogP contribution in [0, 0.1) is 0 Å². The summed E-state index contributed by atoms with van der Waals surface area (Å²) < 4.78 is 39.8. The number of aromatic nitrogens is 4. The molecule has 30 heavy (non-hydrogen) atoms. The van der Waals surface area contributed by atoms with Crippen molar-refractivity contribution in [3.63, 3.8) is 0 Å². The van der Waals surface area contributed by atoms with E-state index in [2.05, 4.69) is 31.2 Å². The fourth-order valence-corrected chi connectivity index (χ4v) is 2.71. The third kappa shape index (κ3) is 4.14. The zero-order chi connectivity index (χ0) is 21.1. The van der Waals surface area contributed by atoms with Gasteiger partial charge >= 0.3 is 12.2 Å². The highest BCUT2D eigenvalue weighted by Gasteiger charge is 2.30. The number of carbonyl (C=O) groups excluding carboxylic acids is 1. The smallest absolute Gasteiger partial charge is 0.307 e. The van der Waals surface area contributed by atoms with E-state index in [4.69, 9.17) is 0 Å². The normalized spacial score (nSPS) is 11.3. The van der Waals surface area contributed by atoms with Gasteiger partial charge in [-0.2, -0.15) is 27.8 Å². The summed E-state index contributed by atoms with van der Waals surface area (Å²) in [7, 11) is 0. The van der Waals surface area contributed by atoms with Gasteiger partial charge in [-0.25, -0.2) is 9.78 Å². The van der Waals surface area contributed by atoms with Crippen LogP contribution >= 0.6 is 0 Å². The van der Waals surface area contributed by atoms with Crippen molar-refractivity contribution in [2.75, 3.05) is 10.7 Å². The third-order valence-corrected chi connectivity index (χ3v) is 4.07. The van der Waals surface area contributed by atoms with Gasteiger partial charge in [0.15, 0.2) is 5.82 Å². The molecule has 0 aliphatic rings. The molecule has 0 unspecified atom stereocenters. The van der Waals surface area contributed by atoms with Gasteiger partial charge in [-0.3, -0.25) is 10.9 Å².